The Bertz CT molecular complexity index is 487. The summed E-state index contributed by atoms with van der Waals surface area (Å²) in [6, 6.07) is 7.77. The van der Waals surface area contributed by atoms with Crippen molar-refractivity contribution in [2.24, 2.45) is 0 Å². The maximum atomic E-state index is 5.86. The number of H-pyrrole nitrogens is 1. The quantitative estimate of drug-likeness (QED) is 0.929. The zero-order chi connectivity index (χ0) is 11.5. The number of nitrogens with zero attached hydrogens (tertiary/aromatic N) is 1. The Morgan fingerprint density at radius 1 is 1.28 bits per heavy atom. The number of aromatic nitrogens is 2. The molecule has 1 aliphatic rings. The lowest BCUT2D eigenvalue weighted by Crippen LogP contribution is -2.29. The number of hydrogen-bond donors (Lipinski definition) is 1. The van der Waals surface area contributed by atoms with Crippen LogP contribution in [0.15, 0.2) is 36.7 Å². The number of ether oxygens (including phenoxy) is 2. The molecule has 2 aromatic rings. The van der Waals surface area contributed by atoms with Gasteiger partial charge in [-0.05, 0) is 18.6 Å². The minimum atomic E-state index is 0. The number of rotatable bonds is 3. The van der Waals surface area contributed by atoms with Gasteiger partial charge in [0.1, 0.15) is 18.5 Å². The van der Waals surface area contributed by atoms with Crippen LogP contribution in [0.25, 0.3) is 0 Å². The van der Waals surface area contributed by atoms with Crippen molar-refractivity contribution in [3.63, 3.8) is 0 Å². The third-order valence-corrected chi connectivity index (χ3v) is 2.83. The second-order valence-electron chi connectivity index (χ2n) is 4.07. The van der Waals surface area contributed by atoms with Crippen LogP contribution in [0.3, 0.4) is 0 Å². The molecule has 0 saturated heterocycles. The third-order valence-electron chi connectivity index (χ3n) is 2.83. The Kier molecular flexibility index (Phi) is 4.10. The van der Waals surface area contributed by atoms with Crippen LogP contribution in [0.4, 0.5) is 0 Å². The minimum absolute atomic E-state index is 0. The first-order chi connectivity index (χ1) is 8.42. The van der Waals surface area contributed by atoms with Gasteiger partial charge in [-0.25, -0.2) is 4.98 Å². The van der Waals surface area contributed by atoms with Crippen LogP contribution in [0.2, 0.25) is 0 Å². The zero-order valence-corrected chi connectivity index (χ0v) is 10.7. The Morgan fingerprint density at radius 2 is 2.11 bits per heavy atom. The second-order valence-corrected chi connectivity index (χ2v) is 4.07. The van der Waals surface area contributed by atoms with Gasteiger partial charge >= 0.3 is 0 Å². The summed E-state index contributed by atoms with van der Waals surface area (Å²) >= 11 is 0. The lowest BCUT2D eigenvalue weighted by atomic mass is 10.2. The Morgan fingerprint density at radius 3 is 2.89 bits per heavy atom. The summed E-state index contributed by atoms with van der Waals surface area (Å²) in [5.74, 6) is 2.66. The van der Waals surface area contributed by atoms with E-state index in [1.807, 2.05) is 30.5 Å². The van der Waals surface area contributed by atoms with Gasteiger partial charge in [0, 0.05) is 18.8 Å². The lowest BCUT2D eigenvalue weighted by molar-refractivity contribution is 0.0848. The van der Waals surface area contributed by atoms with E-state index in [1.165, 1.54) is 0 Å². The molecule has 0 bridgehead atoms. The first-order valence-corrected chi connectivity index (χ1v) is 5.78. The Labute approximate surface area is 112 Å². The van der Waals surface area contributed by atoms with Crippen LogP contribution in [0, 0.1) is 0 Å². The van der Waals surface area contributed by atoms with E-state index in [1.54, 1.807) is 6.20 Å². The van der Waals surface area contributed by atoms with Gasteiger partial charge in [-0.15, -0.1) is 12.4 Å². The Balaban J connectivity index is 0.00000120. The fraction of sp³-hybridized carbons (Fsp3) is 0.308. The summed E-state index contributed by atoms with van der Waals surface area (Å²) < 4.78 is 11.5. The van der Waals surface area contributed by atoms with Gasteiger partial charge < -0.3 is 14.5 Å². The normalized spacial score (nSPS) is 17.0. The molecule has 1 aromatic carbocycles. The van der Waals surface area contributed by atoms with E-state index in [9.17, 15) is 0 Å². The molecule has 96 valence electrons. The molecule has 18 heavy (non-hydrogen) atoms. The van der Waals surface area contributed by atoms with E-state index in [2.05, 4.69) is 9.97 Å². The number of benzene rings is 1. The van der Waals surface area contributed by atoms with Crippen molar-refractivity contribution in [2.45, 2.75) is 18.9 Å². The number of hydrogen-bond acceptors (Lipinski definition) is 3. The second kappa shape index (κ2) is 5.78. The predicted octanol–water partition coefficient (Wildman–Crippen LogP) is 2.60. The van der Waals surface area contributed by atoms with Crippen LogP contribution in [-0.2, 0) is 6.42 Å². The number of aromatic amines is 1. The van der Waals surface area contributed by atoms with Gasteiger partial charge in [0.15, 0.2) is 11.5 Å². The van der Waals surface area contributed by atoms with E-state index in [0.29, 0.717) is 6.61 Å². The highest BCUT2D eigenvalue weighted by Crippen LogP contribution is 2.31. The molecule has 1 N–H and O–H groups in total. The number of nitrogens with one attached hydrogen (secondary N) is 1. The molecular formula is C13H15ClN2O2. The van der Waals surface area contributed by atoms with Crippen molar-refractivity contribution in [1.82, 2.24) is 9.97 Å². The van der Waals surface area contributed by atoms with Crippen molar-refractivity contribution in [3.05, 3.63) is 42.5 Å². The van der Waals surface area contributed by atoms with Gasteiger partial charge in [-0.3, -0.25) is 0 Å². The third kappa shape index (κ3) is 2.76. The molecule has 0 spiro atoms. The summed E-state index contributed by atoms with van der Waals surface area (Å²) in [4.78, 5) is 7.28. The molecule has 0 saturated carbocycles. The van der Waals surface area contributed by atoms with Crippen LogP contribution < -0.4 is 9.47 Å². The number of halogens is 1. The van der Waals surface area contributed by atoms with E-state index < -0.39 is 0 Å². The van der Waals surface area contributed by atoms with Gasteiger partial charge in [0.2, 0.25) is 0 Å². The fourth-order valence-corrected chi connectivity index (χ4v) is 1.94. The smallest absolute Gasteiger partial charge is 0.161 e. The maximum Gasteiger partial charge on any atom is 0.161 e. The number of imidazole rings is 1. The number of fused-ring (bicyclic) bond motifs is 1. The maximum absolute atomic E-state index is 5.86. The average molecular weight is 267 g/mol. The molecule has 0 fully saturated rings. The SMILES string of the molecule is Cl.c1ccc2c(c1)OCC(CCc1ncc[nH]1)O2. The van der Waals surface area contributed by atoms with Crippen molar-refractivity contribution in [2.75, 3.05) is 6.61 Å². The molecule has 1 aliphatic heterocycles. The van der Waals surface area contributed by atoms with Gasteiger partial charge in [-0.2, -0.15) is 0 Å². The lowest BCUT2D eigenvalue weighted by Gasteiger charge is -2.26. The molecule has 2 heterocycles. The van der Waals surface area contributed by atoms with Gasteiger partial charge in [0.05, 0.1) is 0 Å². The summed E-state index contributed by atoms with van der Waals surface area (Å²) in [5.41, 5.74) is 0. The molecule has 4 nitrogen and oxygen atoms in total. The van der Waals surface area contributed by atoms with Crippen molar-refractivity contribution in [3.8, 4) is 11.5 Å². The van der Waals surface area contributed by atoms with Crippen LogP contribution in [-0.4, -0.2) is 22.7 Å². The zero-order valence-electron chi connectivity index (χ0n) is 9.83. The topological polar surface area (TPSA) is 47.1 Å². The molecule has 0 amide bonds. The standard InChI is InChI=1S/C13H14N2O2.ClH/c1-2-4-12-11(3-1)16-9-10(17-12)5-6-13-14-7-8-15-13;/h1-4,7-8,10H,5-6,9H2,(H,14,15);1H. The predicted molar refractivity (Wildman–Crippen MR) is 70.5 cm³/mol. The van der Waals surface area contributed by atoms with Crippen LogP contribution >= 0.6 is 12.4 Å². The molecule has 0 aliphatic carbocycles. The fourth-order valence-electron chi connectivity index (χ4n) is 1.94. The molecule has 0 radical (unpaired) electrons. The van der Waals surface area contributed by atoms with E-state index >= 15 is 0 Å². The molecule has 1 unspecified atom stereocenters. The van der Waals surface area contributed by atoms with E-state index in [0.717, 1.165) is 30.2 Å². The Hall–Kier alpha value is -1.68. The number of para-hydroxylation sites is 2. The van der Waals surface area contributed by atoms with Gasteiger partial charge in [0.25, 0.3) is 0 Å². The molecule has 1 atom stereocenters. The molecule has 1 aromatic heterocycles. The molecular weight excluding hydrogens is 252 g/mol. The van der Waals surface area contributed by atoms with E-state index in [4.69, 9.17) is 9.47 Å². The monoisotopic (exact) mass is 266 g/mol. The minimum Gasteiger partial charge on any atom is -0.486 e. The van der Waals surface area contributed by atoms with Crippen molar-refractivity contribution in [1.29, 1.82) is 0 Å². The molecule has 3 rings (SSSR count). The van der Waals surface area contributed by atoms with Crippen molar-refractivity contribution < 1.29 is 9.47 Å². The first-order valence-electron chi connectivity index (χ1n) is 5.78. The largest absolute Gasteiger partial charge is 0.486 e. The number of aryl methyl sites for hydroxylation is 1. The summed E-state index contributed by atoms with van der Waals surface area (Å²) in [6.07, 6.45) is 5.49. The highest BCUT2D eigenvalue weighted by atomic mass is 35.5. The summed E-state index contributed by atoms with van der Waals surface area (Å²) in [6.45, 7) is 0.609. The van der Waals surface area contributed by atoms with E-state index in [-0.39, 0.29) is 18.5 Å². The summed E-state index contributed by atoms with van der Waals surface area (Å²) in [5, 5.41) is 0. The van der Waals surface area contributed by atoms with Crippen molar-refractivity contribution >= 4 is 12.4 Å². The molecule has 5 heteroatoms. The average Bonchev–Trinajstić information content (AvgIpc) is 2.89. The highest BCUT2D eigenvalue weighted by molar-refractivity contribution is 5.85. The van der Waals surface area contributed by atoms with Crippen LogP contribution in [0.1, 0.15) is 12.2 Å². The van der Waals surface area contributed by atoms with Crippen LogP contribution in [0.5, 0.6) is 11.5 Å². The summed E-state index contributed by atoms with van der Waals surface area (Å²) in [7, 11) is 0. The highest BCUT2D eigenvalue weighted by Gasteiger charge is 2.20. The first kappa shape index (κ1) is 12.8. The van der Waals surface area contributed by atoms with Gasteiger partial charge in [-0.1, -0.05) is 12.1 Å².